The SMILES string of the molecule is CCC(CC)NC(=O)NC1CCC(O)CC1. The summed E-state index contributed by atoms with van der Waals surface area (Å²) in [7, 11) is 0. The van der Waals surface area contributed by atoms with Crippen LogP contribution in [-0.2, 0) is 0 Å². The quantitative estimate of drug-likeness (QED) is 0.687. The summed E-state index contributed by atoms with van der Waals surface area (Å²) in [6, 6.07) is 0.446. The van der Waals surface area contributed by atoms with Crippen molar-refractivity contribution < 1.29 is 9.90 Å². The lowest BCUT2D eigenvalue weighted by molar-refractivity contribution is 0.117. The van der Waals surface area contributed by atoms with Crippen LogP contribution in [0, 0.1) is 0 Å². The zero-order valence-electron chi connectivity index (χ0n) is 10.3. The lowest BCUT2D eigenvalue weighted by Gasteiger charge is -2.27. The average Bonchev–Trinajstić information content (AvgIpc) is 2.29. The fourth-order valence-corrected chi connectivity index (χ4v) is 2.13. The van der Waals surface area contributed by atoms with Gasteiger partial charge in [-0.1, -0.05) is 13.8 Å². The van der Waals surface area contributed by atoms with Crippen LogP contribution in [-0.4, -0.2) is 29.3 Å². The minimum atomic E-state index is -0.167. The molecule has 0 aliphatic heterocycles. The number of aliphatic hydroxyl groups is 1. The van der Waals surface area contributed by atoms with Crippen molar-refractivity contribution in [2.75, 3.05) is 0 Å². The van der Waals surface area contributed by atoms with Gasteiger partial charge < -0.3 is 15.7 Å². The number of rotatable bonds is 4. The van der Waals surface area contributed by atoms with E-state index in [2.05, 4.69) is 24.5 Å². The monoisotopic (exact) mass is 228 g/mol. The topological polar surface area (TPSA) is 61.4 Å². The maximum atomic E-state index is 11.6. The Hall–Kier alpha value is -0.770. The van der Waals surface area contributed by atoms with Gasteiger partial charge in [0, 0.05) is 12.1 Å². The predicted molar refractivity (Wildman–Crippen MR) is 64.3 cm³/mol. The van der Waals surface area contributed by atoms with Crippen LogP contribution in [0.1, 0.15) is 52.4 Å². The van der Waals surface area contributed by atoms with E-state index in [9.17, 15) is 9.90 Å². The lowest BCUT2D eigenvalue weighted by atomic mass is 9.93. The van der Waals surface area contributed by atoms with E-state index < -0.39 is 0 Å². The Balaban J connectivity index is 2.23. The van der Waals surface area contributed by atoms with Crippen molar-refractivity contribution in [2.45, 2.75) is 70.6 Å². The van der Waals surface area contributed by atoms with Gasteiger partial charge in [0.2, 0.25) is 0 Å². The Morgan fingerprint density at radius 1 is 1.25 bits per heavy atom. The molecule has 1 aliphatic carbocycles. The van der Waals surface area contributed by atoms with E-state index in [0.717, 1.165) is 38.5 Å². The molecular weight excluding hydrogens is 204 g/mol. The molecule has 0 aromatic rings. The van der Waals surface area contributed by atoms with Crippen molar-refractivity contribution in [3.05, 3.63) is 0 Å². The number of nitrogens with one attached hydrogen (secondary N) is 2. The summed E-state index contributed by atoms with van der Waals surface area (Å²) in [6.45, 7) is 4.15. The van der Waals surface area contributed by atoms with E-state index >= 15 is 0 Å². The third-order valence-corrected chi connectivity index (χ3v) is 3.35. The molecule has 1 rings (SSSR count). The highest BCUT2D eigenvalue weighted by Gasteiger charge is 2.21. The highest BCUT2D eigenvalue weighted by atomic mass is 16.3. The Kier molecular flexibility index (Phi) is 5.60. The molecule has 1 aliphatic rings. The number of carbonyl (C=O) groups excluding carboxylic acids is 1. The van der Waals surface area contributed by atoms with E-state index in [0.29, 0.717) is 0 Å². The number of urea groups is 1. The Bertz CT molecular complexity index is 209. The molecule has 2 amide bonds. The summed E-state index contributed by atoms with van der Waals surface area (Å²) < 4.78 is 0. The van der Waals surface area contributed by atoms with Gasteiger partial charge in [-0.3, -0.25) is 0 Å². The molecule has 0 radical (unpaired) electrons. The zero-order valence-corrected chi connectivity index (χ0v) is 10.3. The van der Waals surface area contributed by atoms with Crippen LogP contribution in [0.15, 0.2) is 0 Å². The van der Waals surface area contributed by atoms with Crippen molar-refractivity contribution in [3.8, 4) is 0 Å². The van der Waals surface area contributed by atoms with Crippen LogP contribution in [0.4, 0.5) is 4.79 Å². The number of hydrogen-bond donors (Lipinski definition) is 3. The molecule has 0 aromatic carbocycles. The molecule has 94 valence electrons. The molecule has 4 nitrogen and oxygen atoms in total. The van der Waals surface area contributed by atoms with Crippen molar-refractivity contribution in [1.82, 2.24) is 10.6 Å². The summed E-state index contributed by atoms with van der Waals surface area (Å²) in [4.78, 5) is 11.6. The van der Waals surface area contributed by atoms with Gasteiger partial charge in [-0.15, -0.1) is 0 Å². The third kappa shape index (κ3) is 4.39. The lowest BCUT2D eigenvalue weighted by Crippen LogP contribution is -2.47. The Labute approximate surface area is 97.8 Å². The number of hydrogen-bond acceptors (Lipinski definition) is 2. The van der Waals surface area contributed by atoms with Gasteiger partial charge in [0.15, 0.2) is 0 Å². The molecule has 0 saturated heterocycles. The predicted octanol–water partition coefficient (Wildman–Crippen LogP) is 1.78. The largest absolute Gasteiger partial charge is 0.393 e. The average molecular weight is 228 g/mol. The second-order valence-corrected chi connectivity index (χ2v) is 4.64. The molecule has 4 heteroatoms. The minimum absolute atomic E-state index is 0.0601. The maximum absolute atomic E-state index is 11.6. The molecule has 0 unspecified atom stereocenters. The summed E-state index contributed by atoms with van der Waals surface area (Å²) in [5.41, 5.74) is 0. The second kappa shape index (κ2) is 6.74. The Morgan fingerprint density at radius 3 is 2.31 bits per heavy atom. The fourth-order valence-electron chi connectivity index (χ4n) is 2.13. The molecule has 0 spiro atoms. The van der Waals surface area contributed by atoms with Gasteiger partial charge >= 0.3 is 6.03 Å². The minimum Gasteiger partial charge on any atom is -0.393 e. The van der Waals surface area contributed by atoms with Crippen LogP contribution in [0.3, 0.4) is 0 Å². The summed E-state index contributed by atoms with van der Waals surface area (Å²) in [5.74, 6) is 0. The number of amides is 2. The number of aliphatic hydroxyl groups excluding tert-OH is 1. The van der Waals surface area contributed by atoms with Crippen LogP contribution in [0.2, 0.25) is 0 Å². The van der Waals surface area contributed by atoms with Crippen molar-refractivity contribution in [1.29, 1.82) is 0 Å². The highest BCUT2D eigenvalue weighted by Crippen LogP contribution is 2.18. The normalized spacial score (nSPS) is 25.5. The summed E-state index contributed by atoms with van der Waals surface area (Å²) >= 11 is 0. The van der Waals surface area contributed by atoms with Gasteiger partial charge in [-0.25, -0.2) is 4.79 Å². The molecule has 0 atom stereocenters. The summed E-state index contributed by atoms with van der Waals surface area (Å²) in [5, 5.41) is 15.3. The van der Waals surface area contributed by atoms with Crippen LogP contribution >= 0.6 is 0 Å². The first-order valence-corrected chi connectivity index (χ1v) is 6.40. The standard InChI is InChI=1S/C12H24N2O2/c1-3-9(4-2)13-12(16)14-10-5-7-11(15)8-6-10/h9-11,15H,3-8H2,1-2H3,(H2,13,14,16). The van der Waals surface area contributed by atoms with Gasteiger partial charge in [0.25, 0.3) is 0 Å². The van der Waals surface area contributed by atoms with E-state index in [4.69, 9.17) is 0 Å². The highest BCUT2D eigenvalue weighted by molar-refractivity contribution is 5.74. The third-order valence-electron chi connectivity index (χ3n) is 3.35. The van der Waals surface area contributed by atoms with Gasteiger partial charge in [0.1, 0.15) is 0 Å². The molecule has 3 N–H and O–H groups in total. The molecule has 0 bridgehead atoms. The van der Waals surface area contributed by atoms with E-state index in [-0.39, 0.29) is 24.2 Å². The molecular formula is C12H24N2O2. The van der Waals surface area contributed by atoms with E-state index in [1.165, 1.54) is 0 Å². The smallest absolute Gasteiger partial charge is 0.315 e. The first-order valence-electron chi connectivity index (χ1n) is 6.40. The van der Waals surface area contributed by atoms with Crippen molar-refractivity contribution >= 4 is 6.03 Å². The van der Waals surface area contributed by atoms with Gasteiger partial charge in [-0.05, 0) is 38.5 Å². The van der Waals surface area contributed by atoms with Gasteiger partial charge in [-0.2, -0.15) is 0 Å². The zero-order chi connectivity index (χ0) is 12.0. The molecule has 1 fully saturated rings. The van der Waals surface area contributed by atoms with Crippen molar-refractivity contribution in [2.24, 2.45) is 0 Å². The first kappa shape index (κ1) is 13.3. The van der Waals surface area contributed by atoms with Gasteiger partial charge in [0.05, 0.1) is 6.10 Å². The van der Waals surface area contributed by atoms with Crippen LogP contribution < -0.4 is 10.6 Å². The Morgan fingerprint density at radius 2 is 1.81 bits per heavy atom. The fraction of sp³-hybridized carbons (Fsp3) is 0.917. The van der Waals surface area contributed by atoms with Crippen molar-refractivity contribution in [3.63, 3.8) is 0 Å². The van der Waals surface area contributed by atoms with E-state index in [1.54, 1.807) is 0 Å². The molecule has 1 saturated carbocycles. The molecule has 0 aromatic heterocycles. The first-order chi connectivity index (χ1) is 7.65. The molecule has 16 heavy (non-hydrogen) atoms. The number of carbonyl (C=O) groups is 1. The van der Waals surface area contributed by atoms with Crippen LogP contribution in [0.25, 0.3) is 0 Å². The van der Waals surface area contributed by atoms with Crippen LogP contribution in [0.5, 0.6) is 0 Å². The van der Waals surface area contributed by atoms with E-state index in [1.807, 2.05) is 0 Å². The second-order valence-electron chi connectivity index (χ2n) is 4.64. The maximum Gasteiger partial charge on any atom is 0.315 e. The molecule has 0 heterocycles. The summed E-state index contributed by atoms with van der Waals surface area (Å²) in [6.07, 6.45) is 5.14.